The zero-order valence-corrected chi connectivity index (χ0v) is 21.3. The van der Waals surface area contributed by atoms with E-state index in [9.17, 15) is 33.0 Å². The minimum atomic E-state index is -3.78. The number of benzene rings is 3. The Balaban J connectivity index is 1.69. The van der Waals surface area contributed by atoms with Crippen LogP contribution < -0.4 is 15.0 Å². The third-order valence-corrected chi connectivity index (χ3v) is 6.86. The van der Waals surface area contributed by atoms with Gasteiger partial charge >= 0.3 is 0 Å². The van der Waals surface area contributed by atoms with Gasteiger partial charge in [0, 0.05) is 29.1 Å². The first-order chi connectivity index (χ1) is 17.9. The molecule has 38 heavy (non-hydrogen) atoms. The van der Waals surface area contributed by atoms with Gasteiger partial charge in [0.25, 0.3) is 17.7 Å². The van der Waals surface area contributed by atoms with E-state index in [1.165, 1.54) is 43.5 Å². The maximum atomic E-state index is 15.0. The van der Waals surface area contributed by atoms with Gasteiger partial charge in [-0.1, -0.05) is 23.2 Å². The van der Waals surface area contributed by atoms with Crippen LogP contribution in [0.2, 0.25) is 10.0 Å². The van der Waals surface area contributed by atoms with Crippen LogP contribution in [0.3, 0.4) is 0 Å². The summed E-state index contributed by atoms with van der Waals surface area (Å²) in [5, 5.41) is 23.1. The van der Waals surface area contributed by atoms with Crippen LogP contribution in [0.15, 0.2) is 54.6 Å². The molecule has 0 bridgehead atoms. The third-order valence-electron chi connectivity index (χ3n) is 6.29. The highest BCUT2D eigenvalue weighted by atomic mass is 35.5. The number of alkyl halides is 2. The van der Waals surface area contributed by atoms with Crippen molar-refractivity contribution >= 4 is 46.4 Å². The van der Waals surface area contributed by atoms with Crippen molar-refractivity contribution in [1.29, 1.82) is 0 Å². The molecule has 1 aliphatic rings. The van der Waals surface area contributed by atoms with E-state index in [0.29, 0.717) is 0 Å². The summed E-state index contributed by atoms with van der Waals surface area (Å²) < 4.78 is 48.8. The fourth-order valence-electron chi connectivity index (χ4n) is 4.21. The molecular formula is C26H21Cl2F3N2O5. The van der Waals surface area contributed by atoms with Crippen molar-refractivity contribution < 1.29 is 37.7 Å². The zero-order chi connectivity index (χ0) is 27.8. The lowest BCUT2D eigenvalue weighted by molar-refractivity contribution is -0.205. The number of ether oxygens (including phenoxy) is 1. The fraction of sp³-hybridized carbons (Fsp3) is 0.231. The molecule has 0 saturated heterocycles. The zero-order valence-electron chi connectivity index (χ0n) is 19.8. The lowest BCUT2D eigenvalue weighted by Crippen LogP contribution is -2.48. The van der Waals surface area contributed by atoms with E-state index in [-0.39, 0.29) is 38.3 Å². The highest BCUT2D eigenvalue weighted by Crippen LogP contribution is 2.47. The number of carbonyl (C=O) groups is 2. The number of methoxy groups -OCH3 is 1. The molecule has 0 radical (unpaired) electrons. The van der Waals surface area contributed by atoms with E-state index in [1.807, 2.05) is 0 Å². The van der Waals surface area contributed by atoms with Gasteiger partial charge < -0.3 is 25.2 Å². The SMILES string of the molecule is COc1cc(C(=O)N2CCC(F)(F)C(O)(CO)c3cc(Cl)ccc32)ccc1NC(=O)c1cc(F)ccc1Cl. The van der Waals surface area contributed by atoms with Gasteiger partial charge in [0.2, 0.25) is 0 Å². The molecule has 0 spiro atoms. The first-order valence-electron chi connectivity index (χ1n) is 11.2. The molecule has 1 unspecified atom stereocenters. The van der Waals surface area contributed by atoms with E-state index in [1.54, 1.807) is 0 Å². The predicted octanol–water partition coefficient (Wildman–Crippen LogP) is 5.26. The topological polar surface area (TPSA) is 99.1 Å². The summed E-state index contributed by atoms with van der Waals surface area (Å²) >= 11 is 12.0. The minimum Gasteiger partial charge on any atom is -0.495 e. The highest BCUT2D eigenvalue weighted by molar-refractivity contribution is 6.34. The largest absolute Gasteiger partial charge is 0.495 e. The molecule has 3 aromatic rings. The number of aliphatic hydroxyl groups excluding tert-OH is 1. The molecule has 4 rings (SSSR count). The predicted molar refractivity (Wildman–Crippen MR) is 136 cm³/mol. The second kappa shape index (κ2) is 10.5. The maximum absolute atomic E-state index is 15.0. The molecule has 12 heteroatoms. The van der Waals surface area contributed by atoms with Gasteiger partial charge in [-0.25, -0.2) is 13.2 Å². The Morgan fingerprint density at radius 2 is 1.84 bits per heavy atom. The van der Waals surface area contributed by atoms with Crippen LogP contribution in [0.5, 0.6) is 5.75 Å². The highest BCUT2D eigenvalue weighted by Gasteiger charge is 2.56. The Hall–Kier alpha value is -3.31. The molecule has 3 N–H and O–H groups in total. The van der Waals surface area contributed by atoms with Crippen molar-refractivity contribution in [2.45, 2.75) is 17.9 Å². The summed E-state index contributed by atoms with van der Waals surface area (Å²) in [7, 11) is 1.29. The molecule has 0 saturated carbocycles. The van der Waals surface area contributed by atoms with Crippen LogP contribution in [0, 0.1) is 5.82 Å². The summed E-state index contributed by atoms with van der Waals surface area (Å²) in [6.45, 7) is -1.78. The van der Waals surface area contributed by atoms with Crippen molar-refractivity contribution in [3.8, 4) is 5.75 Å². The first kappa shape index (κ1) is 27.7. The Bertz CT molecular complexity index is 1420. The van der Waals surface area contributed by atoms with Crippen molar-refractivity contribution in [2.75, 3.05) is 30.5 Å². The van der Waals surface area contributed by atoms with Gasteiger partial charge in [-0.15, -0.1) is 0 Å². The molecule has 0 aromatic heterocycles. The van der Waals surface area contributed by atoms with Gasteiger partial charge in [0.15, 0.2) is 5.60 Å². The van der Waals surface area contributed by atoms with Crippen LogP contribution >= 0.6 is 23.2 Å². The van der Waals surface area contributed by atoms with Crippen molar-refractivity contribution in [3.63, 3.8) is 0 Å². The monoisotopic (exact) mass is 568 g/mol. The lowest BCUT2D eigenvalue weighted by Gasteiger charge is -2.33. The van der Waals surface area contributed by atoms with Gasteiger partial charge in [-0.05, 0) is 54.6 Å². The van der Waals surface area contributed by atoms with Gasteiger partial charge in [0.05, 0.1) is 35.7 Å². The summed E-state index contributed by atoms with van der Waals surface area (Å²) in [4.78, 5) is 27.2. The van der Waals surface area contributed by atoms with E-state index < -0.39 is 54.3 Å². The number of fused-ring (bicyclic) bond motifs is 1. The number of carbonyl (C=O) groups excluding carboxylic acids is 2. The Morgan fingerprint density at radius 1 is 1.11 bits per heavy atom. The normalized spacial score (nSPS) is 18.4. The van der Waals surface area contributed by atoms with Crippen molar-refractivity contribution in [2.24, 2.45) is 0 Å². The number of nitrogens with zero attached hydrogens (tertiary/aromatic N) is 1. The standard InChI is InChI=1S/C26H21Cl2F3N2O5/c1-38-22-10-14(2-6-20(22)32-23(35)17-12-16(29)4-5-19(17)28)24(36)33-9-8-26(30,31)25(37,13-34)18-11-15(27)3-7-21(18)33/h2-7,10-12,34,37H,8-9,13H2,1H3,(H,32,35). The second-order valence-electron chi connectivity index (χ2n) is 8.58. The molecule has 2 amide bonds. The molecule has 1 atom stereocenters. The third kappa shape index (κ3) is 4.92. The number of amides is 2. The number of hydrogen-bond donors (Lipinski definition) is 3. The average molecular weight is 569 g/mol. The van der Waals surface area contributed by atoms with Gasteiger partial charge in [-0.3, -0.25) is 9.59 Å². The molecule has 1 aliphatic heterocycles. The average Bonchev–Trinajstić information content (AvgIpc) is 2.97. The number of rotatable bonds is 5. The number of nitrogens with one attached hydrogen (secondary N) is 1. The fourth-order valence-corrected chi connectivity index (χ4v) is 4.58. The van der Waals surface area contributed by atoms with Crippen LogP contribution in [-0.2, 0) is 5.60 Å². The summed E-state index contributed by atoms with van der Waals surface area (Å²) in [6, 6.07) is 11.1. The Labute approximate surface area is 225 Å². The first-order valence-corrected chi connectivity index (χ1v) is 11.9. The van der Waals surface area contributed by atoms with E-state index in [0.717, 1.165) is 23.1 Å². The molecule has 0 aliphatic carbocycles. The van der Waals surface area contributed by atoms with Crippen LogP contribution in [0.25, 0.3) is 0 Å². The molecule has 7 nitrogen and oxygen atoms in total. The summed E-state index contributed by atoms with van der Waals surface area (Å²) in [6.07, 6.45) is -0.943. The van der Waals surface area contributed by atoms with Crippen LogP contribution in [0.1, 0.15) is 32.7 Å². The quantitative estimate of drug-likeness (QED) is 0.390. The summed E-state index contributed by atoms with van der Waals surface area (Å²) in [5.41, 5.74) is -3.38. The Kier molecular flexibility index (Phi) is 7.62. The van der Waals surface area contributed by atoms with Crippen LogP contribution in [-0.4, -0.2) is 48.2 Å². The number of aliphatic hydroxyl groups is 2. The molecular weight excluding hydrogens is 548 g/mol. The van der Waals surface area contributed by atoms with Crippen molar-refractivity contribution in [1.82, 2.24) is 0 Å². The maximum Gasteiger partial charge on any atom is 0.284 e. The van der Waals surface area contributed by atoms with E-state index in [2.05, 4.69) is 5.32 Å². The number of hydrogen-bond acceptors (Lipinski definition) is 5. The molecule has 200 valence electrons. The van der Waals surface area contributed by atoms with Crippen molar-refractivity contribution in [3.05, 3.63) is 87.2 Å². The molecule has 3 aromatic carbocycles. The lowest BCUT2D eigenvalue weighted by atomic mass is 9.86. The van der Waals surface area contributed by atoms with E-state index >= 15 is 0 Å². The van der Waals surface area contributed by atoms with Gasteiger partial charge in [0.1, 0.15) is 11.6 Å². The molecule has 0 fully saturated rings. The summed E-state index contributed by atoms with van der Waals surface area (Å²) in [5.74, 6) is -5.82. The number of anilines is 2. The smallest absolute Gasteiger partial charge is 0.284 e. The minimum absolute atomic E-state index is 0.0160. The number of halogens is 5. The molecule has 1 heterocycles. The van der Waals surface area contributed by atoms with E-state index in [4.69, 9.17) is 27.9 Å². The Morgan fingerprint density at radius 3 is 2.53 bits per heavy atom. The van der Waals surface area contributed by atoms with Gasteiger partial charge in [-0.2, -0.15) is 0 Å². The van der Waals surface area contributed by atoms with Crippen LogP contribution in [0.4, 0.5) is 24.5 Å². The second-order valence-corrected chi connectivity index (χ2v) is 9.43.